The Kier molecular flexibility index (Phi) is 5.30. The predicted octanol–water partition coefficient (Wildman–Crippen LogP) is 4.42. The first-order valence-corrected chi connectivity index (χ1v) is 9.40. The van der Waals surface area contributed by atoms with Crippen LogP contribution in [0.5, 0.6) is 5.75 Å². The number of ether oxygens (including phenoxy) is 3. The van der Waals surface area contributed by atoms with Crippen molar-refractivity contribution in [2.75, 3.05) is 13.4 Å². The predicted molar refractivity (Wildman–Crippen MR) is 105 cm³/mol. The van der Waals surface area contributed by atoms with Crippen LogP contribution in [0.4, 0.5) is 0 Å². The van der Waals surface area contributed by atoms with Gasteiger partial charge in [-0.2, -0.15) is 10.2 Å². The van der Waals surface area contributed by atoms with Crippen LogP contribution in [0.2, 0.25) is 0 Å². The molecule has 7 heteroatoms. The highest BCUT2D eigenvalue weighted by Crippen LogP contribution is 2.30. The fraction of sp³-hybridized carbons (Fsp3) is 0.318. The van der Waals surface area contributed by atoms with Crippen LogP contribution in [0.25, 0.3) is 22.8 Å². The topological polar surface area (TPSA) is 90.4 Å². The Balaban J connectivity index is 1.61. The van der Waals surface area contributed by atoms with Gasteiger partial charge in [-0.15, -0.1) is 0 Å². The average Bonchev–Trinajstić information content (AvgIpc) is 3.40. The monoisotopic (exact) mass is 391 g/mol. The summed E-state index contributed by atoms with van der Waals surface area (Å²) in [4.78, 5) is 4.52. The van der Waals surface area contributed by atoms with E-state index in [1.165, 1.54) is 0 Å². The van der Waals surface area contributed by atoms with Crippen molar-refractivity contribution < 1.29 is 18.7 Å². The van der Waals surface area contributed by atoms with Gasteiger partial charge >= 0.3 is 0 Å². The molecule has 4 rings (SSSR count). The Morgan fingerprint density at radius 2 is 2.07 bits per heavy atom. The highest BCUT2D eigenvalue weighted by molar-refractivity contribution is 5.65. The molecule has 2 aromatic carbocycles. The third-order valence-electron chi connectivity index (χ3n) is 4.62. The van der Waals surface area contributed by atoms with Crippen LogP contribution in [0.15, 0.2) is 40.9 Å². The van der Waals surface area contributed by atoms with Crippen molar-refractivity contribution in [2.24, 2.45) is 0 Å². The third-order valence-corrected chi connectivity index (χ3v) is 4.62. The molecule has 0 amide bonds. The summed E-state index contributed by atoms with van der Waals surface area (Å²) in [5, 5.41) is 13.5. The van der Waals surface area contributed by atoms with Crippen LogP contribution >= 0.6 is 0 Å². The highest BCUT2D eigenvalue weighted by atomic mass is 16.7. The molecule has 7 nitrogen and oxygen atoms in total. The largest absolute Gasteiger partial charge is 0.490 e. The SMILES string of the molecule is Cc1cc(C2COCO2)ccc1-c1noc(-c2ccc(OC(C)C)c(C#N)c2)n1. The minimum atomic E-state index is -0.0421. The molecule has 2 heterocycles. The first kappa shape index (κ1) is 19.1. The van der Waals surface area contributed by atoms with Crippen LogP contribution in [-0.2, 0) is 9.47 Å². The summed E-state index contributed by atoms with van der Waals surface area (Å²) in [5.74, 6) is 1.38. The summed E-state index contributed by atoms with van der Waals surface area (Å²) in [5.41, 5.74) is 4.05. The fourth-order valence-corrected chi connectivity index (χ4v) is 3.22. The molecule has 0 aliphatic carbocycles. The molecule has 0 radical (unpaired) electrons. The highest BCUT2D eigenvalue weighted by Gasteiger charge is 2.20. The van der Waals surface area contributed by atoms with Crippen LogP contribution in [-0.4, -0.2) is 29.6 Å². The van der Waals surface area contributed by atoms with Gasteiger partial charge in [0.05, 0.1) is 18.3 Å². The summed E-state index contributed by atoms with van der Waals surface area (Å²) in [6, 6.07) is 13.4. The number of nitrogens with zero attached hydrogens (tertiary/aromatic N) is 3. The number of rotatable bonds is 5. The molecule has 1 unspecified atom stereocenters. The van der Waals surface area contributed by atoms with Crippen molar-refractivity contribution in [2.45, 2.75) is 33.0 Å². The lowest BCUT2D eigenvalue weighted by Gasteiger charge is -2.11. The molecule has 148 valence electrons. The van der Waals surface area contributed by atoms with Crippen LogP contribution < -0.4 is 4.74 Å². The second kappa shape index (κ2) is 8.03. The number of nitriles is 1. The van der Waals surface area contributed by atoms with Crippen molar-refractivity contribution in [1.82, 2.24) is 10.1 Å². The minimum absolute atomic E-state index is 0.0184. The van der Waals surface area contributed by atoms with Crippen LogP contribution in [0.1, 0.15) is 36.6 Å². The molecule has 0 saturated carbocycles. The van der Waals surface area contributed by atoms with Crippen LogP contribution in [0, 0.1) is 18.3 Å². The van der Waals surface area contributed by atoms with E-state index in [-0.39, 0.29) is 12.2 Å². The molecule has 1 atom stereocenters. The third kappa shape index (κ3) is 3.99. The normalized spacial score (nSPS) is 16.2. The Morgan fingerprint density at radius 1 is 1.21 bits per heavy atom. The van der Waals surface area contributed by atoms with E-state index < -0.39 is 0 Å². The quantitative estimate of drug-likeness (QED) is 0.636. The fourth-order valence-electron chi connectivity index (χ4n) is 3.22. The molecule has 1 saturated heterocycles. The lowest BCUT2D eigenvalue weighted by atomic mass is 10.0. The van der Waals surface area contributed by atoms with Gasteiger partial charge in [-0.05, 0) is 50.1 Å². The van der Waals surface area contributed by atoms with E-state index in [0.717, 1.165) is 16.7 Å². The second-order valence-corrected chi connectivity index (χ2v) is 7.13. The maximum atomic E-state index is 9.42. The van der Waals surface area contributed by atoms with Crippen molar-refractivity contribution in [1.29, 1.82) is 5.26 Å². The molecule has 1 fully saturated rings. The summed E-state index contributed by atoms with van der Waals surface area (Å²) in [6.45, 7) is 6.71. The molecule has 3 aromatic rings. The smallest absolute Gasteiger partial charge is 0.258 e. The van der Waals surface area contributed by atoms with Gasteiger partial charge in [-0.3, -0.25) is 0 Å². The van der Waals surface area contributed by atoms with E-state index in [0.29, 0.717) is 42.0 Å². The van der Waals surface area contributed by atoms with Crippen molar-refractivity contribution >= 4 is 0 Å². The van der Waals surface area contributed by atoms with Crippen molar-refractivity contribution in [3.8, 4) is 34.7 Å². The molecule has 1 aliphatic heterocycles. The Bertz CT molecular complexity index is 1060. The Morgan fingerprint density at radius 3 is 2.76 bits per heavy atom. The lowest BCUT2D eigenvalue weighted by molar-refractivity contribution is 0.0466. The zero-order valence-electron chi connectivity index (χ0n) is 16.5. The Hall–Kier alpha value is -3.21. The zero-order chi connectivity index (χ0) is 20.4. The number of aryl methyl sites for hydroxylation is 1. The van der Waals surface area contributed by atoms with Gasteiger partial charge in [-0.1, -0.05) is 23.4 Å². The van der Waals surface area contributed by atoms with Gasteiger partial charge in [0.15, 0.2) is 0 Å². The molecule has 1 aliphatic rings. The van der Waals surface area contributed by atoms with E-state index in [9.17, 15) is 5.26 Å². The van der Waals surface area contributed by atoms with E-state index in [1.807, 2.05) is 39.0 Å². The first-order chi connectivity index (χ1) is 14.0. The summed E-state index contributed by atoms with van der Waals surface area (Å²) in [6.07, 6.45) is -0.0605. The van der Waals surface area contributed by atoms with E-state index in [4.69, 9.17) is 18.7 Å². The van der Waals surface area contributed by atoms with Crippen molar-refractivity contribution in [3.05, 3.63) is 53.1 Å². The van der Waals surface area contributed by atoms with Crippen LogP contribution in [0.3, 0.4) is 0 Å². The van der Waals surface area contributed by atoms with Gasteiger partial charge in [0.1, 0.15) is 24.7 Å². The molecule has 1 aromatic heterocycles. The first-order valence-electron chi connectivity index (χ1n) is 9.40. The molecule has 0 N–H and O–H groups in total. The van der Waals surface area contributed by atoms with Gasteiger partial charge < -0.3 is 18.7 Å². The number of aromatic nitrogens is 2. The number of hydrogen-bond acceptors (Lipinski definition) is 7. The maximum absolute atomic E-state index is 9.42. The summed E-state index contributed by atoms with van der Waals surface area (Å²) in [7, 11) is 0. The zero-order valence-corrected chi connectivity index (χ0v) is 16.5. The Labute approximate surface area is 168 Å². The van der Waals surface area contributed by atoms with Crippen molar-refractivity contribution in [3.63, 3.8) is 0 Å². The second-order valence-electron chi connectivity index (χ2n) is 7.13. The maximum Gasteiger partial charge on any atom is 0.258 e. The number of hydrogen-bond donors (Lipinski definition) is 0. The standard InChI is InChI=1S/C22H21N3O4/c1-13(2)28-19-7-5-16(9-17(19)10-23)22-24-21(25-29-22)18-6-4-15(8-14(18)3)20-11-26-12-27-20/h4-9,13,20H,11-12H2,1-3H3. The van der Waals surface area contributed by atoms with E-state index in [1.54, 1.807) is 12.1 Å². The van der Waals surface area contributed by atoms with Gasteiger partial charge in [0.25, 0.3) is 5.89 Å². The lowest BCUT2D eigenvalue weighted by Crippen LogP contribution is -2.06. The molecular weight excluding hydrogens is 370 g/mol. The minimum Gasteiger partial charge on any atom is -0.490 e. The van der Waals surface area contributed by atoms with E-state index in [2.05, 4.69) is 22.3 Å². The summed E-state index contributed by atoms with van der Waals surface area (Å²) < 4.78 is 21.9. The van der Waals surface area contributed by atoms with Gasteiger partial charge in [0, 0.05) is 11.1 Å². The van der Waals surface area contributed by atoms with Gasteiger partial charge in [-0.25, -0.2) is 0 Å². The van der Waals surface area contributed by atoms with Gasteiger partial charge in [0.2, 0.25) is 5.82 Å². The average molecular weight is 391 g/mol. The molecule has 0 bridgehead atoms. The number of benzene rings is 2. The van der Waals surface area contributed by atoms with E-state index >= 15 is 0 Å². The summed E-state index contributed by atoms with van der Waals surface area (Å²) >= 11 is 0. The molecule has 29 heavy (non-hydrogen) atoms. The molecule has 0 spiro atoms. The molecular formula is C22H21N3O4.